The highest BCUT2D eigenvalue weighted by atomic mass is 19.4. The molecule has 0 bridgehead atoms. The Morgan fingerprint density at radius 2 is 2.00 bits per heavy atom. The van der Waals surface area contributed by atoms with Crippen LogP contribution in [-0.2, 0) is 0 Å². The second kappa shape index (κ2) is 6.37. The van der Waals surface area contributed by atoms with Gasteiger partial charge >= 0.3 is 6.18 Å². The number of nitrogens with two attached hydrogens (primary N) is 1. The molecular weight excluding hydrogens is 245 g/mol. The van der Waals surface area contributed by atoms with Crippen molar-refractivity contribution >= 4 is 11.4 Å². The Morgan fingerprint density at radius 1 is 1.28 bits per heavy atom. The van der Waals surface area contributed by atoms with Gasteiger partial charge in [-0.25, -0.2) is 0 Å². The molecule has 0 spiro atoms. The maximum atomic E-state index is 11.9. The second-order valence-electron chi connectivity index (χ2n) is 3.87. The molecule has 0 atom stereocenters. The van der Waals surface area contributed by atoms with Crippen LogP contribution in [0.5, 0.6) is 5.75 Å². The number of anilines is 2. The molecule has 0 aliphatic heterocycles. The Kier molecular flexibility index (Phi) is 5.12. The Hall–Kier alpha value is -1.59. The Balaban J connectivity index is 2.46. The van der Waals surface area contributed by atoms with E-state index in [4.69, 9.17) is 10.5 Å². The van der Waals surface area contributed by atoms with Crippen LogP contribution in [0.2, 0.25) is 0 Å². The monoisotopic (exact) mass is 262 g/mol. The van der Waals surface area contributed by atoms with Gasteiger partial charge in [-0.3, -0.25) is 0 Å². The molecule has 0 aliphatic carbocycles. The molecule has 0 saturated carbocycles. The van der Waals surface area contributed by atoms with Gasteiger partial charge in [0.15, 0.2) is 0 Å². The van der Waals surface area contributed by atoms with Crippen molar-refractivity contribution in [2.75, 3.05) is 24.2 Å². The number of rotatable bonds is 6. The zero-order valence-electron chi connectivity index (χ0n) is 10.2. The number of ether oxygens (including phenoxy) is 1. The highest BCUT2D eigenvalue weighted by Gasteiger charge is 2.25. The largest absolute Gasteiger partial charge is 0.494 e. The third kappa shape index (κ3) is 5.65. The third-order valence-electron chi connectivity index (χ3n) is 2.21. The fourth-order valence-electron chi connectivity index (χ4n) is 1.50. The highest BCUT2D eigenvalue weighted by molar-refractivity contribution is 5.59. The smallest absolute Gasteiger partial charge is 0.389 e. The van der Waals surface area contributed by atoms with Gasteiger partial charge in [0.2, 0.25) is 0 Å². The fourth-order valence-corrected chi connectivity index (χ4v) is 1.50. The summed E-state index contributed by atoms with van der Waals surface area (Å²) in [7, 11) is 0. The minimum absolute atomic E-state index is 0.0300. The Morgan fingerprint density at radius 3 is 2.61 bits per heavy atom. The summed E-state index contributed by atoms with van der Waals surface area (Å²) in [6.45, 7) is 2.60. The minimum atomic E-state index is -4.10. The molecule has 6 heteroatoms. The zero-order valence-corrected chi connectivity index (χ0v) is 10.2. The molecule has 0 aromatic heterocycles. The quantitative estimate of drug-likeness (QED) is 0.610. The molecule has 0 unspecified atom stereocenters. The summed E-state index contributed by atoms with van der Waals surface area (Å²) < 4.78 is 41.1. The van der Waals surface area contributed by atoms with E-state index in [1.807, 2.05) is 6.92 Å². The summed E-state index contributed by atoms with van der Waals surface area (Å²) in [4.78, 5) is 0. The Bertz CT molecular complexity index is 380. The summed E-state index contributed by atoms with van der Waals surface area (Å²) in [5.41, 5.74) is 6.84. The second-order valence-corrected chi connectivity index (χ2v) is 3.87. The van der Waals surface area contributed by atoms with Gasteiger partial charge in [0.05, 0.1) is 6.61 Å². The van der Waals surface area contributed by atoms with Crippen LogP contribution in [-0.4, -0.2) is 19.3 Å². The first kappa shape index (κ1) is 14.5. The lowest BCUT2D eigenvalue weighted by molar-refractivity contribution is -0.134. The van der Waals surface area contributed by atoms with Gasteiger partial charge in [-0.05, 0) is 19.4 Å². The third-order valence-corrected chi connectivity index (χ3v) is 2.21. The van der Waals surface area contributed by atoms with Crippen molar-refractivity contribution in [3.63, 3.8) is 0 Å². The van der Waals surface area contributed by atoms with Crippen molar-refractivity contribution in [2.45, 2.75) is 25.9 Å². The summed E-state index contributed by atoms with van der Waals surface area (Å²) in [6, 6.07) is 5.05. The lowest BCUT2D eigenvalue weighted by atomic mass is 10.2. The van der Waals surface area contributed by atoms with Crippen molar-refractivity contribution in [3.8, 4) is 5.75 Å². The average Bonchev–Trinajstić information content (AvgIpc) is 2.23. The molecule has 0 aliphatic rings. The SMILES string of the molecule is CCOc1cc(N)cc(NCCCC(F)(F)F)c1. The van der Waals surface area contributed by atoms with E-state index in [1.165, 1.54) is 0 Å². The van der Waals surface area contributed by atoms with E-state index in [0.29, 0.717) is 23.7 Å². The first-order chi connectivity index (χ1) is 8.40. The van der Waals surface area contributed by atoms with Crippen LogP contribution in [0.4, 0.5) is 24.5 Å². The number of hydrogen-bond acceptors (Lipinski definition) is 3. The minimum Gasteiger partial charge on any atom is -0.494 e. The number of nitrogen functional groups attached to an aromatic ring is 1. The van der Waals surface area contributed by atoms with Gasteiger partial charge in [-0.15, -0.1) is 0 Å². The molecule has 1 rings (SSSR count). The maximum absolute atomic E-state index is 11.9. The topological polar surface area (TPSA) is 47.3 Å². The molecule has 1 aromatic rings. The van der Waals surface area contributed by atoms with Gasteiger partial charge in [0, 0.05) is 36.5 Å². The number of hydrogen-bond donors (Lipinski definition) is 2. The average molecular weight is 262 g/mol. The fraction of sp³-hybridized carbons (Fsp3) is 0.500. The molecule has 3 N–H and O–H groups in total. The Labute approximate surface area is 104 Å². The van der Waals surface area contributed by atoms with Gasteiger partial charge in [-0.1, -0.05) is 0 Å². The van der Waals surface area contributed by atoms with E-state index in [-0.39, 0.29) is 13.0 Å². The molecule has 0 amide bonds. The van der Waals surface area contributed by atoms with Crippen LogP contribution in [0.25, 0.3) is 0 Å². The van der Waals surface area contributed by atoms with E-state index in [2.05, 4.69) is 5.32 Å². The summed E-state index contributed by atoms with van der Waals surface area (Å²) >= 11 is 0. The maximum Gasteiger partial charge on any atom is 0.389 e. The van der Waals surface area contributed by atoms with Crippen LogP contribution < -0.4 is 15.8 Å². The number of halogens is 3. The summed E-state index contributed by atoms with van der Waals surface area (Å²) in [5, 5.41) is 2.90. The predicted molar refractivity (Wildman–Crippen MR) is 65.8 cm³/mol. The van der Waals surface area contributed by atoms with E-state index in [1.54, 1.807) is 18.2 Å². The van der Waals surface area contributed by atoms with Gasteiger partial charge in [0.25, 0.3) is 0 Å². The van der Waals surface area contributed by atoms with Crippen molar-refractivity contribution < 1.29 is 17.9 Å². The molecule has 102 valence electrons. The van der Waals surface area contributed by atoms with E-state index >= 15 is 0 Å². The molecular formula is C12H17F3N2O. The number of nitrogens with one attached hydrogen (secondary N) is 1. The van der Waals surface area contributed by atoms with Crippen LogP contribution >= 0.6 is 0 Å². The first-order valence-corrected chi connectivity index (χ1v) is 5.74. The summed E-state index contributed by atoms with van der Waals surface area (Å²) in [6.07, 6.45) is -4.86. The van der Waals surface area contributed by atoms with Gasteiger partial charge in [0.1, 0.15) is 5.75 Å². The molecule has 3 nitrogen and oxygen atoms in total. The van der Waals surface area contributed by atoms with Crippen molar-refractivity contribution in [3.05, 3.63) is 18.2 Å². The van der Waals surface area contributed by atoms with Crippen molar-refractivity contribution in [2.24, 2.45) is 0 Å². The van der Waals surface area contributed by atoms with Crippen molar-refractivity contribution in [1.29, 1.82) is 0 Å². The van der Waals surface area contributed by atoms with Crippen molar-refractivity contribution in [1.82, 2.24) is 0 Å². The lowest BCUT2D eigenvalue weighted by Crippen LogP contribution is -2.11. The lowest BCUT2D eigenvalue weighted by Gasteiger charge is -2.11. The predicted octanol–water partition coefficient (Wildman–Crippen LogP) is 3.42. The van der Waals surface area contributed by atoms with Gasteiger partial charge in [-0.2, -0.15) is 13.2 Å². The van der Waals surface area contributed by atoms with Crippen LogP contribution in [0.15, 0.2) is 18.2 Å². The first-order valence-electron chi connectivity index (χ1n) is 5.74. The number of alkyl halides is 3. The highest BCUT2D eigenvalue weighted by Crippen LogP contribution is 2.24. The van der Waals surface area contributed by atoms with E-state index < -0.39 is 12.6 Å². The van der Waals surface area contributed by atoms with Crippen LogP contribution in [0, 0.1) is 0 Å². The van der Waals surface area contributed by atoms with Crippen LogP contribution in [0.1, 0.15) is 19.8 Å². The molecule has 0 fully saturated rings. The zero-order chi connectivity index (χ0) is 13.6. The van der Waals surface area contributed by atoms with Crippen LogP contribution in [0.3, 0.4) is 0 Å². The summed E-state index contributed by atoms with van der Waals surface area (Å²) in [5.74, 6) is 0.607. The molecule has 0 saturated heterocycles. The van der Waals surface area contributed by atoms with E-state index in [9.17, 15) is 13.2 Å². The normalized spacial score (nSPS) is 11.3. The van der Waals surface area contributed by atoms with E-state index in [0.717, 1.165) is 0 Å². The molecule has 18 heavy (non-hydrogen) atoms. The molecule has 1 aromatic carbocycles. The van der Waals surface area contributed by atoms with Gasteiger partial charge < -0.3 is 15.8 Å². The number of benzene rings is 1. The standard InChI is InChI=1S/C12H17F3N2O/c1-2-18-11-7-9(16)6-10(8-11)17-5-3-4-12(13,14)15/h6-8,17H,2-5,16H2,1H3. The molecule has 0 heterocycles. The molecule has 0 radical (unpaired) electrons.